The highest BCUT2D eigenvalue weighted by atomic mass is 16.5. The summed E-state index contributed by atoms with van der Waals surface area (Å²) in [7, 11) is 1.63. The van der Waals surface area contributed by atoms with Gasteiger partial charge in [0.05, 0.1) is 32.4 Å². The molecule has 18 heavy (non-hydrogen) atoms. The van der Waals surface area contributed by atoms with Crippen LogP contribution in [0.2, 0.25) is 0 Å². The number of nitrogens with two attached hydrogens (primary N) is 1. The largest absolute Gasteiger partial charge is 0.496 e. The molecule has 4 nitrogen and oxygen atoms in total. The Balaban J connectivity index is 2.48. The van der Waals surface area contributed by atoms with E-state index in [4.69, 9.17) is 15.2 Å². The summed E-state index contributed by atoms with van der Waals surface area (Å²) in [6.45, 7) is 4.79. The SMILES string of the molecule is COc1cc(C)cc(C)c1C(N)C1(C#N)COC1. The van der Waals surface area contributed by atoms with Crippen LogP contribution >= 0.6 is 0 Å². The minimum atomic E-state index is -0.618. The molecule has 0 radical (unpaired) electrons. The number of benzene rings is 1. The van der Waals surface area contributed by atoms with Crippen molar-refractivity contribution in [1.82, 2.24) is 0 Å². The molecule has 0 saturated carbocycles. The zero-order valence-electron chi connectivity index (χ0n) is 11.0. The average molecular weight is 246 g/mol. The average Bonchev–Trinajstić information content (AvgIpc) is 2.26. The van der Waals surface area contributed by atoms with Crippen LogP contribution < -0.4 is 10.5 Å². The molecule has 0 amide bonds. The highest BCUT2D eigenvalue weighted by Crippen LogP contribution is 2.42. The minimum Gasteiger partial charge on any atom is -0.496 e. The molecule has 0 spiro atoms. The molecule has 0 bridgehead atoms. The number of nitriles is 1. The van der Waals surface area contributed by atoms with E-state index < -0.39 is 5.41 Å². The maximum atomic E-state index is 9.33. The smallest absolute Gasteiger partial charge is 0.124 e. The van der Waals surface area contributed by atoms with Crippen molar-refractivity contribution in [2.75, 3.05) is 20.3 Å². The molecule has 1 aliphatic rings. The zero-order chi connectivity index (χ0) is 13.3. The zero-order valence-corrected chi connectivity index (χ0v) is 11.0. The molecule has 1 aliphatic heterocycles. The second kappa shape index (κ2) is 4.60. The van der Waals surface area contributed by atoms with Crippen molar-refractivity contribution in [3.05, 3.63) is 28.8 Å². The number of methoxy groups -OCH3 is 1. The van der Waals surface area contributed by atoms with Crippen molar-refractivity contribution in [2.24, 2.45) is 11.1 Å². The van der Waals surface area contributed by atoms with E-state index >= 15 is 0 Å². The predicted octanol–water partition coefficient (Wildman–Crippen LogP) is 1.85. The maximum absolute atomic E-state index is 9.33. The van der Waals surface area contributed by atoms with Crippen LogP contribution in [0.25, 0.3) is 0 Å². The summed E-state index contributed by atoms with van der Waals surface area (Å²) in [6.07, 6.45) is 0. The van der Waals surface area contributed by atoms with Crippen LogP contribution in [0.3, 0.4) is 0 Å². The first-order valence-corrected chi connectivity index (χ1v) is 5.94. The Morgan fingerprint density at radius 3 is 2.56 bits per heavy atom. The van der Waals surface area contributed by atoms with Gasteiger partial charge in [-0.25, -0.2) is 0 Å². The van der Waals surface area contributed by atoms with Crippen LogP contribution in [0.5, 0.6) is 5.75 Å². The molecule has 4 heteroatoms. The van der Waals surface area contributed by atoms with Gasteiger partial charge in [0.2, 0.25) is 0 Å². The predicted molar refractivity (Wildman–Crippen MR) is 68.3 cm³/mol. The number of aryl methyl sites for hydroxylation is 2. The van der Waals surface area contributed by atoms with Crippen molar-refractivity contribution in [3.8, 4) is 11.8 Å². The number of hydrogen-bond acceptors (Lipinski definition) is 4. The second-order valence-corrected chi connectivity index (χ2v) is 4.94. The highest BCUT2D eigenvalue weighted by Gasteiger charge is 2.46. The molecular formula is C14H18N2O2. The first kappa shape index (κ1) is 12.9. The first-order chi connectivity index (χ1) is 8.54. The van der Waals surface area contributed by atoms with Crippen LogP contribution in [0.1, 0.15) is 22.7 Å². The van der Waals surface area contributed by atoms with Crippen molar-refractivity contribution >= 4 is 0 Å². The van der Waals surface area contributed by atoms with Gasteiger partial charge in [0.15, 0.2) is 0 Å². The molecule has 2 rings (SSSR count). The molecule has 0 aromatic heterocycles. The van der Waals surface area contributed by atoms with E-state index in [9.17, 15) is 5.26 Å². The molecule has 2 N–H and O–H groups in total. The summed E-state index contributed by atoms with van der Waals surface area (Å²) >= 11 is 0. The maximum Gasteiger partial charge on any atom is 0.124 e. The third kappa shape index (κ3) is 1.86. The minimum absolute atomic E-state index is 0.383. The second-order valence-electron chi connectivity index (χ2n) is 4.94. The summed E-state index contributed by atoms with van der Waals surface area (Å²) in [5.74, 6) is 0.751. The first-order valence-electron chi connectivity index (χ1n) is 5.94. The van der Waals surface area contributed by atoms with Crippen LogP contribution in [-0.4, -0.2) is 20.3 Å². The Morgan fingerprint density at radius 1 is 1.44 bits per heavy atom. The summed E-state index contributed by atoms with van der Waals surface area (Å²) in [5.41, 5.74) is 8.76. The molecular weight excluding hydrogens is 228 g/mol. The topological polar surface area (TPSA) is 68.3 Å². The highest BCUT2D eigenvalue weighted by molar-refractivity contribution is 5.46. The lowest BCUT2D eigenvalue weighted by Gasteiger charge is -2.40. The van der Waals surface area contributed by atoms with E-state index in [1.165, 1.54) is 0 Å². The molecule has 1 aromatic rings. The fourth-order valence-corrected chi connectivity index (χ4v) is 2.42. The van der Waals surface area contributed by atoms with Gasteiger partial charge in [0.25, 0.3) is 0 Å². The third-order valence-corrected chi connectivity index (χ3v) is 3.56. The summed E-state index contributed by atoms with van der Waals surface area (Å²) in [4.78, 5) is 0. The lowest BCUT2D eigenvalue weighted by atomic mass is 9.75. The van der Waals surface area contributed by atoms with Gasteiger partial charge in [-0.05, 0) is 31.0 Å². The van der Waals surface area contributed by atoms with E-state index in [0.717, 1.165) is 22.4 Å². The molecule has 1 fully saturated rings. The molecule has 1 aromatic carbocycles. The quantitative estimate of drug-likeness (QED) is 0.883. The fourth-order valence-electron chi connectivity index (χ4n) is 2.42. The van der Waals surface area contributed by atoms with Crippen molar-refractivity contribution in [1.29, 1.82) is 5.26 Å². The normalized spacial score (nSPS) is 18.6. The van der Waals surface area contributed by atoms with E-state index in [2.05, 4.69) is 12.1 Å². The van der Waals surface area contributed by atoms with E-state index in [0.29, 0.717) is 13.2 Å². The number of nitrogens with zero attached hydrogens (tertiary/aromatic N) is 1. The summed E-state index contributed by atoms with van der Waals surface area (Å²) in [6, 6.07) is 5.93. The lowest BCUT2D eigenvalue weighted by Crippen LogP contribution is -2.49. The fraction of sp³-hybridized carbons (Fsp3) is 0.500. The Hall–Kier alpha value is -1.57. The molecule has 1 atom stereocenters. The molecule has 1 heterocycles. The van der Waals surface area contributed by atoms with Gasteiger partial charge in [-0.2, -0.15) is 5.26 Å². The summed E-state index contributed by atoms with van der Waals surface area (Å²) < 4.78 is 10.6. The number of ether oxygens (including phenoxy) is 2. The monoisotopic (exact) mass is 246 g/mol. The van der Waals surface area contributed by atoms with E-state index in [1.54, 1.807) is 7.11 Å². The van der Waals surface area contributed by atoms with Gasteiger partial charge in [0.1, 0.15) is 11.2 Å². The lowest BCUT2D eigenvalue weighted by molar-refractivity contribution is -0.0913. The van der Waals surface area contributed by atoms with Crippen molar-refractivity contribution < 1.29 is 9.47 Å². The molecule has 1 unspecified atom stereocenters. The standard InChI is InChI=1S/C14H18N2O2/c1-9-4-10(2)12(11(5-9)17-3)13(16)14(6-15)7-18-8-14/h4-5,13H,7-8,16H2,1-3H3. The molecule has 1 saturated heterocycles. The Morgan fingerprint density at radius 2 is 2.11 bits per heavy atom. The van der Waals surface area contributed by atoms with Crippen molar-refractivity contribution in [2.45, 2.75) is 19.9 Å². The van der Waals surface area contributed by atoms with Gasteiger partial charge in [-0.15, -0.1) is 0 Å². The van der Waals surface area contributed by atoms with Gasteiger partial charge in [-0.3, -0.25) is 0 Å². The van der Waals surface area contributed by atoms with Crippen molar-refractivity contribution in [3.63, 3.8) is 0 Å². The van der Waals surface area contributed by atoms with E-state index in [1.807, 2.05) is 19.9 Å². The molecule has 0 aliphatic carbocycles. The Bertz CT molecular complexity index is 501. The van der Waals surface area contributed by atoms with Crippen LogP contribution in [0, 0.1) is 30.6 Å². The van der Waals surface area contributed by atoms with Gasteiger partial charge >= 0.3 is 0 Å². The van der Waals surface area contributed by atoms with Crippen LogP contribution in [0.4, 0.5) is 0 Å². The van der Waals surface area contributed by atoms with Gasteiger partial charge in [0, 0.05) is 5.56 Å². The van der Waals surface area contributed by atoms with Crippen LogP contribution in [-0.2, 0) is 4.74 Å². The summed E-state index contributed by atoms with van der Waals surface area (Å²) in [5, 5.41) is 9.33. The number of hydrogen-bond donors (Lipinski definition) is 1. The Labute approximate surface area is 107 Å². The van der Waals surface area contributed by atoms with Gasteiger partial charge in [-0.1, -0.05) is 6.07 Å². The van der Waals surface area contributed by atoms with Gasteiger partial charge < -0.3 is 15.2 Å². The Kier molecular flexibility index (Phi) is 3.29. The number of rotatable bonds is 3. The third-order valence-electron chi connectivity index (χ3n) is 3.56. The van der Waals surface area contributed by atoms with Crippen LogP contribution in [0.15, 0.2) is 12.1 Å². The van der Waals surface area contributed by atoms with E-state index in [-0.39, 0.29) is 6.04 Å². The molecule has 96 valence electrons.